The molecule has 0 aliphatic rings. The van der Waals surface area contributed by atoms with Gasteiger partial charge in [0.15, 0.2) is 5.15 Å². The van der Waals surface area contributed by atoms with Crippen LogP contribution in [0.4, 0.5) is 0 Å². The van der Waals surface area contributed by atoms with Crippen molar-refractivity contribution in [2.45, 2.75) is 10.6 Å². The first-order valence-electron chi connectivity index (χ1n) is 4.61. The predicted molar refractivity (Wildman–Crippen MR) is 68.1 cm³/mol. The fourth-order valence-corrected chi connectivity index (χ4v) is 2.70. The van der Waals surface area contributed by atoms with Crippen molar-refractivity contribution in [1.29, 1.82) is 0 Å². The summed E-state index contributed by atoms with van der Waals surface area (Å²) >= 11 is 13.5. The lowest BCUT2D eigenvalue weighted by molar-refractivity contribution is 0.997. The Kier molecular flexibility index (Phi) is 4.04. The number of aromatic nitrogens is 2. The van der Waals surface area contributed by atoms with Crippen LogP contribution in [-0.4, -0.2) is 10.2 Å². The Hall–Kier alpha value is -0.770. The van der Waals surface area contributed by atoms with E-state index in [1.807, 2.05) is 18.2 Å². The number of halogens is 2. The third kappa shape index (κ3) is 2.88. The largest absolute Gasteiger partial charge is 0.166 e. The molecule has 0 bridgehead atoms. The van der Waals surface area contributed by atoms with Gasteiger partial charge < -0.3 is 0 Å². The molecular weight excluding hydrogens is 263 g/mol. The van der Waals surface area contributed by atoms with Crippen LogP contribution < -0.4 is 0 Å². The van der Waals surface area contributed by atoms with E-state index in [1.54, 1.807) is 11.8 Å². The van der Waals surface area contributed by atoms with Crippen molar-refractivity contribution in [2.24, 2.45) is 0 Å². The zero-order chi connectivity index (χ0) is 11.4. The van der Waals surface area contributed by atoms with Crippen LogP contribution in [0.5, 0.6) is 0 Å². The van der Waals surface area contributed by atoms with Gasteiger partial charge in [-0.2, -0.15) is 5.10 Å². The molecule has 5 heteroatoms. The van der Waals surface area contributed by atoms with Gasteiger partial charge in [-0.25, -0.2) is 0 Å². The van der Waals surface area contributed by atoms with E-state index in [0.29, 0.717) is 10.2 Å². The Morgan fingerprint density at radius 3 is 2.56 bits per heavy atom. The first-order valence-corrected chi connectivity index (χ1v) is 6.35. The van der Waals surface area contributed by atoms with E-state index in [2.05, 4.69) is 22.3 Å². The molecule has 1 aromatic heterocycles. The highest BCUT2D eigenvalue weighted by Gasteiger charge is 2.08. The minimum absolute atomic E-state index is 0.355. The van der Waals surface area contributed by atoms with Gasteiger partial charge in [0, 0.05) is 5.75 Å². The zero-order valence-electron chi connectivity index (χ0n) is 8.23. The lowest BCUT2D eigenvalue weighted by atomic mass is 10.2. The monoisotopic (exact) mass is 270 g/mol. The molecule has 82 valence electrons. The highest BCUT2D eigenvalue weighted by molar-refractivity contribution is 7.98. The van der Waals surface area contributed by atoms with Crippen LogP contribution in [0.15, 0.2) is 41.4 Å². The van der Waals surface area contributed by atoms with Gasteiger partial charge in [-0.3, -0.25) is 0 Å². The topological polar surface area (TPSA) is 25.8 Å². The van der Waals surface area contributed by atoms with Gasteiger partial charge in [0.1, 0.15) is 0 Å². The molecule has 0 aliphatic heterocycles. The lowest BCUT2D eigenvalue weighted by Crippen LogP contribution is -1.87. The Morgan fingerprint density at radius 1 is 1.12 bits per heavy atom. The summed E-state index contributed by atoms with van der Waals surface area (Å²) in [6.45, 7) is 0. The molecule has 0 fully saturated rings. The zero-order valence-corrected chi connectivity index (χ0v) is 10.6. The summed E-state index contributed by atoms with van der Waals surface area (Å²) < 4.78 is 0. The SMILES string of the molecule is Clc1cnnc(Cl)c1SCc1ccccc1. The highest BCUT2D eigenvalue weighted by Crippen LogP contribution is 2.33. The smallest absolute Gasteiger partial charge is 0.156 e. The van der Waals surface area contributed by atoms with Crippen LogP contribution in [0.3, 0.4) is 0 Å². The van der Waals surface area contributed by atoms with Gasteiger partial charge in [-0.15, -0.1) is 16.9 Å². The van der Waals surface area contributed by atoms with Crippen molar-refractivity contribution in [2.75, 3.05) is 0 Å². The molecule has 0 spiro atoms. The lowest BCUT2D eigenvalue weighted by Gasteiger charge is -2.04. The Labute approximate surface area is 108 Å². The van der Waals surface area contributed by atoms with E-state index in [9.17, 15) is 0 Å². The summed E-state index contributed by atoms with van der Waals surface area (Å²) in [4.78, 5) is 0.780. The fourth-order valence-electron chi connectivity index (χ4n) is 1.19. The van der Waals surface area contributed by atoms with Crippen molar-refractivity contribution in [3.8, 4) is 0 Å². The Balaban J connectivity index is 2.11. The molecule has 0 aliphatic carbocycles. The molecule has 0 N–H and O–H groups in total. The van der Waals surface area contributed by atoms with E-state index in [4.69, 9.17) is 23.2 Å². The van der Waals surface area contributed by atoms with Gasteiger partial charge in [-0.05, 0) is 5.56 Å². The molecule has 16 heavy (non-hydrogen) atoms. The van der Waals surface area contributed by atoms with Gasteiger partial charge in [0.05, 0.1) is 16.1 Å². The quantitative estimate of drug-likeness (QED) is 0.787. The second-order valence-electron chi connectivity index (χ2n) is 3.09. The molecule has 0 radical (unpaired) electrons. The average molecular weight is 271 g/mol. The molecule has 2 nitrogen and oxygen atoms in total. The number of benzene rings is 1. The van der Waals surface area contributed by atoms with Crippen molar-refractivity contribution in [3.05, 3.63) is 52.3 Å². The van der Waals surface area contributed by atoms with E-state index in [0.717, 1.165) is 10.6 Å². The van der Waals surface area contributed by atoms with Crippen molar-refractivity contribution >= 4 is 35.0 Å². The third-order valence-corrected chi connectivity index (χ3v) is 3.90. The van der Waals surface area contributed by atoms with Gasteiger partial charge >= 0.3 is 0 Å². The minimum atomic E-state index is 0.355. The van der Waals surface area contributed by atoms with Gasteiger partial charge in [-0.1, -0.05) is 53.5 Å². The number of rotatable bonds is 3. The van der Waals surface area contributed by atoms with Crippen LogP contribution in [0.25, 0.3) is 0 Å². The molecule has 2 aromatic rings. The first-order chi connectivity index (χ1) is 7.77. The summed E-state index contributed by atoms with van der Waals surface area (Å²) in [5, 5.41) is 8.33. The molecule has 1 heterocycles. The highest BCUT2D eigenvalue weighted by atomic mass is 35.5. The predicted octanol–water partition coefficient (Wildman–Crippen LogP) is 4.08. The van der Waals surface area contributed by atoms with Crippen molar-refractivity contribution < 1.29 is 0 Å². The van der Waals surface area contributed by atoms with E-state index in [1.165, 1.54) is 11.8 Å². The van der Waals surface area contributed by atoms with Gasteiger partial charge in [0.25, 0.3) is 0 Å². The second kappa shape index (κ2) is 5.53. The maximum atomic E-state index is 5.99. The van der Waals surface area contributed by atoms with Gasteiger partial charge in [0.2, 0.25) is 0 Å². The summed E-state index contributed by atoms with van der Waals surface area (Å²) in [6, 6.07) is 10.1. The van der Waals surface area contributed by atoms with E-state index < -0.39 is 0 Å². The van der Waals surface area contributed by atoms with Crippen LogP contribution >= 0.6 is 35.0 Å². The van der Waals surface area contributed by atoms with E-state index in [-0.39, 0.29) is 0 Å². The molecule has 0 atom stereocenters. The molecule has 2 rings (SSSR count). The summed E-state index contributed by atoms with van der Waals surface area (Å²) in [5.74, 6) is 0.811. The normalized spacial score (nSPS) is 10.4. The molecular formula is C11H8Cl2N2S. The maximum Gasteiger partial charge on any atom is 0.166 e. The number of thioether (sulfide) groups is 1. The maximum absolute atomic E-state index is 5.99. The van der Waals surface area contributed by atoms with Crippen molar-refractivity contribution in [1.82, 2.24) is 10.2 Å². The minimum Gasteiger partial charge on any atom is -0.156 e. The van der Waals surface area contributed by atoms with Crippen LogP contribution in [-0.2, 0) is 5.75 Å². The summed E-state index contributed by atoms with van der Waals surface area (Å²) in [6.07, 6.45) is 1.50. The molecule has 0 unspecified atom stereocenters. The summed E-state index contributed by atoms with van der Waals surface area (Å²) in [5.41, 5.74) is 1.22. The molecule has 1 aromatic carbocycles. The molecule has 0 saturated heterocycles. The molecule has 0 saturated carbocycles. The third-order valence-electron chi connectivity index (χ3n) is 1.95. The number of hydrogen-bond acceptors (Lipinski definition) is 3. The van der Waals surface area contributed by atoms with Crippen molar-refractivity contribution in [3.63, 3.8) is 0 Å². The second-order valence-corrected chi connectivity index (χ2v) is 4.84. The molecule has 0 amide bonds. The van der Waals surface area contributed by atoms with Crippen LogP contribution in [0.2, 0.25) is 10.2 Å². The standard InChI is InChI=1S/C11H8Cl2N2S/c12-9-6-14-15-11(13)10(9)16-7-8-4-2-1-3-5-8/h1-6H,7H2. The Morgan fingerprint density at radius 2 is 1.88 bits per heavy atom. The fraction of sp³-hybridized carbons (Fsp3) is 0.0909. The summed E-state index contributed by atoms with van der Waals surface area (Å²) in [7, 11) is 0. The first kappa shape index (κ1) is 11.7. The van der Waals surface area contributed by atoms with Crippen LogP contribution in [0, 0.1) is 0 Å². The average Bonchev–Trinajstić information content (AvgIpc) is 2.30. The van der Waals surface area contributed by atoms with E-state index >= 15 is 0 Å². The van der Waals surface area contributed by atoms with Crippen LogP contribution in [0.1, 0.15) is 5.56 Å². The number of nitrogens with zero attached hydrogens (tertiary/aromatic N) is 2. The Bertz CT molecular complexity index is 456. The number of hydrogen-bond donors (Lipinski definition) is 0.